The van der Waals surface area contributed by atoms with Gasteiger partial charge in [0.05, 0.1) is 18.0 Å². The number of piperazine rings is 1. The topological polar surface area (TPSA) is 138 Å². The van der Waals surface area contributed by atoms with Gasteiger partial charge in [0.25, 0.3) is 0 Å². The van der Waals surface area contributed by atoms with E-state index < -0.39 is 51.2 Å². The van der Waals surface area contributed by atoms with Gasteiger partial charge in [0.2, 0.25) is 10.0 Å². The van der Waals surface area contributed by atoms with Crippen molar-refractivity contribution >= 4 is 22.1 Å². The first-order valence-electron chi connectivity index (χ1n) is 10.2. The predicted molar refractivity (Wildman–Crippen MR) is 116 cm³/mol. The summed E-state index contributed by atoms with van der Waals surface area (Å²) in [5.41, 5.74) is 0. The number of nitrogens with two attached hydrogens (primary N) is 1. The summed E-state index contributed by atoms with van der Waals surface area (Å²) in [4.78, 5) is 29.4. The Bertz CT molecular complexity index is 1160. The smallest absolute Gasteiger partial charge is 0.409 e. The van der Waals surface area contributed by atoms with Crippen molar-refractivity contribution < 1.29 is 45.8 Å². The van der Waals surface area contributed by atoms with Gasteiger partial charge >= 0.3 is 12.1 Å². The van der Waals surface area contributed by atoms with E-state index >= 15 is 0 Å². The molecule has 2 aromatic rings. The Kier molecular flexibility index (Phi) is 8.56. The molecule has 190 valence electrons. The number of carbonyl (C=O) groups is 2. The monoisotopic (exact) mass is 515 g/mol. The van der Waals surface area contributed by atoms with Gasteiger partial charge in [0, 0.05) is 20.2 Å². The molecule has 1 fully saturated rings. The van der Waals surface area contributed by atoms with E-state index in [2.05, 4.69) is 4.84 Å². The molecule has 0 aliphatic carbocycles. The largest absolute Gasteiger partial charge is 0.454 e. The lowest BCUT2D eigenvalue weighted by Crippen LogP contribution is -2.60. The molecule has 2 aromatic carbocycles. The number of sulfonamides is 1. The minimum Gasteiger partial charge on any atom is -0.454 e. The quantitative estimate of drug-likeness (QED) is 0.411. The number of hydrogen-bond donors (Lipinski definition) is 1. The first-order valence-corrected chi connectivity index (χ1v) is 11.7. The molecular weight excluding hydrogens is 492 g/mol. The number of rotatable bonds is 8. The van der Waals surface area contributed by atoms with Crippen molar-refractivity contribution in [1.29, 1.82) is 0 Å². The standard InChI is InChI=1S/C21H23F2N3O8S/c1-31-10-11-32-21(28)25-8-9-26(18(13-25)20(27)34-24)35(29,30)16-6-7-19(17(23)12-16)33-15-4-2-14(22)3-5-15/h2-7,12,18H,8-11,13,24H2,1H3/t18-/m1/s1. The summed E-state index contributed by atoms with van der Waals surface area (Å²) in [6, 6.07) is 6.21. The molecule has 0 saturated carbocycles. The lowest BCUT2D eigenvalue weighted by molar-refractivity contribution is -0.150. The third kappa shape index (κ3) is 6.22. The minimum atomic E-state index is -4.42. The van der Waals surface area contributed by atoms with Crippen LogP contribution in [-0.2, 0) is 29.1 Å². The molecule has 0 radical (unpaired) electrons. The van der Waals surface area contributed by atoms with E-state index in [-0.39, 0.29) is 37.8 Å². The van der Waals surface area contributed by atoms with Crippen LogP contribution in [0.25, 0.3) is 0 Å². The highest BCUT2D eigenvalue weighted by atomic mass is 32.2. The van der Waals surface area contributed by atoms with Crippen molar-refractivity contribution in [3.63, 3.8) is 0 Å². The second-order valence-electron chi connectivity index (χ2n) is 7.27. The van der Waals surface area contributed by atoms with Crippen LogP contribution in [0, 0.1) is 11.6 Å². The fourth-order valence-electron chi connectivity index (χ4n) is 3.28. The molecule has 0 spiro atoms. The zero-order valence-corrected chi connectivity index (χ0v) is 19.4. The fraction of sp³-hybridized carbons (Fsp3) is 0.333. The summed E-state index contributed by atoms with van der Waals surface area (Å²) in [6.45, 7) is -0.688. The molecule has 0 unspecified atom stereocenters. The Balaban J connectivity index is 1.80. The summed E-state index contributed by atoms with van der Waals surface area (Å²) in [7, 11) is -3.00. The van der Waals surface area contributed by atoms with Crippen molar-refractivity contribution in [2.24, 2.45) is 5.90 Å². The maximum atomic E-state index is 14.7. The lowest BCUT2D eigenvalue weighted by Gasteiger charge is -2.38. The van der Waals surface area contributed by atoms with Crippen LogP contribution in [-0.4, -0.2) is 75.7 Å². The second kappa shape index (κ2) is 11.4. The van der Waals surface area contributed by atoms with Crippen LogP contribution in [0.2, 0.25) is 0 Å². The van der Waals surface area contributed by atoms with Crippen molar-refractivity contribution in [3.05, 3.63) is 54.1 Å². The van der Waals surface area contributed by atoms with Gasteiger partial charge in [-0.05, 0) is 42.5 Å². The Morgan fingerprint density at radius 1 is 1.09 bits per heavy atom. The molecule has 1 atom stereocenters. The fourth-order valence-corrected chi connectivity index (χ4v) is 4.86. The van der Waals surface area contributed by atoms with Crippen LogP contribution in [0.3, 0.4) is 0 Å². The van der Waals surface area contributed by atoms with Crippen LogP contribution in [0.1, 0.15) is 0 Å². The van der Waals surface area contributed by atoms with Gasteiger partial charge in [-0.3, -0.25) is 0 Å². The van der Waals surface area contributed by atoms with E-state index in [1.54, 1.807) is 0 Å². The first kappa shape index (κ1) is 26.3. The molecule has 1 aliphatic rings. The highest BCUT2D eigenvalue weighted by Crippen LogP contribution is 2.29. The van der Waals surface area contributed by atoms with Crippen LogP contribution >= 0.6 is 0 Å². The van der Waals surface area contributed by atoms with Crippen molar-refractivity contribution in [2.45, 2.75) is 10.9 Å². The SMILES string of the molecule is COCCOC(=O)N1CCN(S(=O)(=O)c2ccc(Oc3ccc(F)cc3)c(F)c2)[C@@H](C(=O)ON)C1. The van der Waals surface area contributed by atoms with Crippen LogP contribution in [0.5, 0.6) is 11.5 Å². The number of nitrogens with zero attached hydrogens (tertiary/aromatic N) is 2. The van der Waals surface area contributed by atoms with E-state index in [4.69, 9.17) is 20.1 Å². The van der Waals surface area contributed by atoms with Crippen molar-refractivity contribution in [1.82, 2.24) is 9.21 Å². The number of ether oxygens (including phenoxy) is 3. The zero-order chi connectivity index (χ0) is 25.6. The number of methoxy groups -OCH3 is 1. The van der Waals surface area contributed by atoms with Gasteiger partial charge in [0.1, 0.15) is 24.2 Å². The van der Waals surface area contributed by atoms with Gasteiger partial charge in [-0.25, -0.2) is 26.8 Å². The number of hydrogen-bond acceptors (Lipinski definition) is 9. The maximum Gasteiger partial charge on any atom is 0.409 e. The number of halogens is 2. The van der Waals surface area contributed by atoms with Gasteiger partial charge < -0.3 is 23.9 Å². The van der Waals surface area contributed by atoms with E-state index in [9.17, 15) is 26.8 Å². The molecule has 1 aliphatic heterocycles. The molecule has 0 bridgehead atoms. The van der Waals surface area contributed by atoms with E-state index in [0.717, 1.165) is 39.5 Å². The van der Waals surface area contributed by atoms with E-state index in [1.165, 1.54) is 19.2 Å². The summed E-state index contributed by atoms with van der Waals surface area (Å²) >= 11 is 0. The minimum absolute atomic E-state index is 0.0362. The molecule has 11 nitrogen and oxygen atoms in total. The normalized spacial score (nSPS) is 16.6. The summed E-state index contributed by atoms with van der Waals surface area (Å²) in [6.07, 6.45) is -0.776. The third-order valence-electron chi connectivity index (χ3n) is 5.04. The Morgan fingerprint density at radius 3 is 2.43 bits per heavy atom. The molecule has 2 N–H and O–H groups in total. The number of carbonyl (C=O) groups excluding carboxylic acids is 2. The summed E-state index contributed by atoms with van der Waals surface area (Å²) in [5.74, 6) is 2.19. The van der Waals surface area contributed by atoms with E-state index in [1.807, 2.05) is 0 Å². The molecule has 0 aromatic heterocycles. The second-order valence-corrected chi connectivity index (χ2v) is 9.16. The van der Waals surface area contributed by atoms with E-state index in [0.29, 0.717) is 0 Å². The van der Waals surface area contributed by atoms with Gasteiger partial charge in [-0.1, -0.05) is 0 Å². The molecule has 1 amide bonds. The number of benzene rings is 2. The Morgan fingerprint density at radius 2 is 1.80 bits per heavy atom. The van der Waals surface area contributed by atoms with Crippen molar-refractivity contribution in [2.75, 3.05) is 40.0 Å². The van der Waals surface area contributed by atoms with Crippen molar-refractivity contribution in [3.8, 4) is 11.5 Å². The van der Waals surface area contributed by atoms with Crippen LogP contribution in [0.15, 0.2) is 47.4 Å². The lowest BCUT2D eigenvalue weighted by atomic mass is 10.2. The van der Waals surface area contributed by atoms with Crippen LogP contribution < -0.4 is 10.6 Å². The average Bonchev–Trinajstić information content (AvgIpc) is 2.85. The molecular formula is C21H23F2N3O8S. The van der Waals surface area contributed by atoms with Gasteiger partial charge in [-0.2, -0.15) is 10.2 Å². The first-order chi connectivity index (χ1) is 16.7. The summed E-state index contributed by atoms with van der Waals surface area (Å²) < 4.78 is 70.1. The highest BCUT2D eigenvalue weighted by molar-refractivity contribution is 7.89. The molecule has 1 heterocycles. The molecule has 3 rings (SSSR count). The summed E-state index contributed by atoms with van der Waals surface area (Å²) in [5, 5.41) is 0. The van der Waals surface area contributed by atoms with Crippen LogP contribution in [0.4, 0.5) is 13.6 Å². The van der Waals surface area contributed by atoms with Gasteiger partial charge in [-0.15, -0.1) is 0 Å². The Labute approximate surface area is 199 Å². The third-order valence-corrected chi connectivity index (χ3v) is 6.95. The predicted octanol–water partition coefficient (Wildman–Crippen LogP) is 1.63. The molecule has 35 heavy (non-hydrogen) atoms. The molecule has 14 heteroatoms. The molecule has 1 saturated heterocycles. The van der Waals surface area contributed by atoms with Gasteiger partial charge in [0.15, 0.2) is 11.6 Å². The number of amides is 1. The maximum absolute atomic E-state index is 14.7. The zero-order valence-electron chi connectivity index (χ0n) is 18.6. The average molecular weight is 515 g/mol. The highest BCUT2D eigenvalue weighted by Gasteiger charge is 2.43. The Hall–Kier alpha value is -3.33.